The maximum absolute atomic E-state index is 13.9. The highest BCUT2D eigenvalue weighted by Crippen LogP contribution is 2.49. The van der Waals surface area contributed by atoms with Crippen molar-refractivity contribution < 1.29 is 23.1 Å². The lowest BCUT2D eigenvalue weighted by Gasteiger charge is -2.28. The molecule has 1 aliphatic rings. The summed E-state index contributed by atoms with van der Waals surface area (Å²) >= 11 is 13.0. The van der Waals surface area contributed by atoms with Gasteiger partial charge in [-0.25, -0.2) is 0 Å². The van der Waals surface area contributed by atoms with Gasteiger partial charge in [-0.15, -0.1) is 11.3 Å². The molecule has 3 nitrogen and oxygen atoms in total. The van der Waals surface area contributed by atoms with Crippen LogP contribution in [0.15, 0.2) is 30.3 Å². The highest BCUT2D eigenvalue weighted by Gasteiger charge is 2.59. The van der Waals surface area contributed by atoms with Crippen LogP contribution in [0.4, 0.5) is 13.2 Å². The molecule has 2 unspecified atom stereocenters. The average Bonchev–Trinajstić information content (AvgIpc) is 3.10. The van der Waals surface area contributed by atoms with Gasteiger partial charge in [-0.05, 0) is 49.8 Å². The van der Waals surface area contributed by atoms with Crippen molar-refractivity contribution >= 4 is 40.2 Å². The van der Waals surface area contributed by atoms with Gasteiger partial charge < -0.3 is 5.11 Å². The van der Waals surface area contributed by atoms with Crippen molar-refractivity contribution in [3.63, 3.8) is 0 Å². The molecular formula is C17H14Cl2F3NO2S. The molecule has 0 saturated carbocycles. The second-order valence-electron chi connectivity index (χ2n) is 5.99. The van der Waals surface area contributed by atoms with E-state index in [1.54, 1.807) is 19.9 Å². The Bertz CT molecular complexity index is 859. The molecular weight excluding hydrogens is 410 g/mol. The molecule has 3 rings (SSSR count). The van der Waals surface area contributed by atoms with Gasteiger partial charge in [-0.1, -0.05) is 23.2 Å². The van der Waals surface area contributed by atoms with Crippen LogP contribution in [0.5, 0.6) is 0 Å². The maximum Gasteiger partial charge on any atom is 0.428 e. The summed E-state index contributed by atoms with van der Waals surface area (Å²) in [5.41, 5.74) is 0.376. The maximum atomic E-state index is 13.9. The first-order valence-corrected chi connectivity index (χ1v) is 9.09. The number of hydrogen-bond acceptors (Lipinski definition) is 4. The molecule has 140 valence electrons. The molecule has 26 heavy (non-hydrogen) atoms. The van der Waals surface area contributed by atoms with E-state index in [1.807, 2.05) is 0 Å². The summed E-state index contributed by atoms with van der Waals surface area (Å²) in [7, 11) is 0. The summed E-state index contributed by atoms with van der Waals surface area (Å²) in [4.78, 5) is 6.24. The normalized spacial score (nSPS) is 21.5. The molecule has 2 N–H and O–H groups in total. The van der Waals surface area contributed by atoms with Gasteiger partial charge in [-0.3, -0.25) is 10.3 Å². The van der Waals surface area contributed by atoms with Crippen molar-refractivity contribution in [1.29, 1.82) is 0 Å². The van der Waals surface area contributed by atoms with Crippen molar-refractivity contribution in [3.05, 3.63) is 61.3 Å². The molecule has 2 atom stereocenters. The standard InChI is InChI=1S/C17H14Cl2F3NO2S/c1-8-3-14(26-15(8)9(2)24)13-7-16(25-23-13,17(20,21)22)10-4-11(18)6-12(19)5-10/h3-7,9,23-24H,1-2H3. The number of hydroxylamine groups is 1. The van der Waals surface area contributed by atoms with Crippen molar-refractivity contribution in [2.75, 3.05) is 0 Å². The topological polar surface area (TPSA) is 41.5 Å². The molecule has 0 aliphatic carbocycles. The number of nitrogens with one attached hydrogen (secondary N) is 1. The molecule has 0 amide bonds. The summed E-state index contributed by atoms with van der Waals surface area (Å²) < 4.78 is 41.8. The monoisotopic (exact) mass is 423 g/mol. The number of hydrogen-bond donors (Lipinski definition) is 2. The third kappa shape index (κ3) is 3.34. The summed E-state index contributed by atoms with van der Waals surface area (Å²) in [5, 5.41) is 9.91. The highest BCUT2D eigenvalue weighted by molar-refractivity contribution is 7.13. The van der Waals surface area contributed by atoms with Gasteiger partial charge >= 0.3 is 6.18 Å². The zero-order valence-electron chi connectivity index (χ0n) is 13.6. The fourth-order valence-corrected chi connectivity index (χ4v) is 4.38. The van der Waals surface area contributed by atoms with E-state index in [-0.39, 0.29) is 21.3 Å². The SMILES string of the molecule is Cc1cc(C2=CC(c3cc(Cl)cc(Cl)c3)(C(F)(F)F)ON2)sc1C(C)O. The van der Waals surface area contributed by atoms with Crippen LogP contribution in [0.3, 0.4) is 0 Å². The minimum Gasteiger partial charge on any atom is -0.388 e. The minimum atomic E-state index is -4.75. The number of alkyl halides is 3. The summed E-state index contributed by atoms with van der Waals surface area (Å²) in [6.45, 7) is 3.38. The van der Waals surface area contributed by atoms with E-state index in [0.29, 0.717) is 9.75 Å². The predicted octanol–water partition coefficient (Wildman–Crippen LogP) is 5.75. The molecule has 2 aromatic rings. The number of aliphatic hydroxyl groups is 1. The minimum absolute atomic E-state index is 0.0740. The molecule has 0 saturated heterocycles. The highest BCUT2D eigenvalue weighted by atomic mass is 35.5. The van der Waals surface area contributed by atoms with Crippen molar-refractivity contribution in [2.45, 2.75) is 31.7 Å². The largest absolute Gasteiger partial charge is 0.428 e. The smallest absolute Gasteiger partial charge is 0.388 e. The Morgan fingerprint density at radius 1 is 1.19 bits per heavy atom. The van der Waals surface area contributed by atoms with Crippen LogP contribution in [-0.2, 0) is 10.4 Å². The number of thiophene rings is 1. The first-order chi connectivity index (χ1) is 12.0. The zero-order chi connectivity index (χ0) is 19.3. The van der Waals surface area contributed by atoms with Crippen molar-refractivity contribution in [3.8, 4) is 0 Å². The Labute approximate surface area is 162 Å². The molecule has 0 bridgehead atoms. The van der Waals surface area contributed by atoms with Crippen LogP contribution in [0.25, 0.3) is 5.70 Å². The quantitative estimate of drug-likeness (QED) is 0.660. The van der Waals surface area contributed by atoms with E-state index >= 15 is 0 Å². The van der Waals surface area contributed by atoms with Gasteiger partial charge in [0.1, 0.15) is 0 Å². The molecule has 1 aliphatic heterocycles. The van der Waals surface area contributed by atoms with Gasteiger partial charge in [0, 0.05) is 20.5 Å². The van der Waals surface area contributed by atoms with E-state index in [1.165, 1.54) is 29.5 Å². The first-order valence-electron chi connectivity index (χ1n) is 7.52. The lowest BCUT2D eigenvalue weighted by atomic mass is 9.92. The lowest BCUT2D eigenvalue weighted by molar-refractivity contribution is -0.269. The Morgan fingerprint density at radius 3 is 2.31 bits per heavy atom. The first kappa shape index (κ1) is 19.5. The molecule has 0 spiro atoms. The van der Waals surface area contributed by atoms with E-state index in [2.05, 4.69) is 5.48 Å². The van der Waals surface area contributed by atoms with E-state index < -0.39 is 17.9 Å². The second kappa shape index (κ2) is 6.73. The fourth-order valence-electron chi connectivity index (χ4n) is 2.78. The Balaban J connectivity index is 2.12. The predicted molar refractivity (Wildman–Crippen MR) is 96.1 cm³/mol. The molecule has 1 aromatic heterocycles. The van der Waals surface area contributed by atoms with Crippen LogP contribution in [-0.4, -0.2) is 11.3 Å². The van der Waals surface area contributed by atoms with Gasteiger partial charge in [0.25, 0.3) is 0 Å². The van der Waals surface area contributed by atoms with Crippen LogP contribution in [0, 0.1) is 6.92 Å². The second-order valence-corrected chi connectivity index (χ2v) is 7.94. The average molecular weight is 424 g/mol. The molecule has 9 heteroatoms. The summed E-state index contributed by atoms with van der Waals surface area (Å²) in [6, 6.07) is 5.39. The Kier molecular flexibility index (Phi) is 5.05. The van der Waals surface area contributed by atoms with Gasteiger partial charge in [0.2, 0.25) is 5.60 Å². The van der Waals surface area contributed by atoms with Crippen molar-refractivity contribution in [1.82, 2.24) is 5.48 Å². The van der Waals surface area contributed by atoms with Crippen LogP contribution >= 0.6 is 34.5 Å². The molecule has 0 radical (unpaired) electrons. The summed E-state index contributed by atoms with van der Waals surface area (Å²) in [5.74, 6) is 0. The zero-order valence-corrected chi connectivity index (χ0v) is 15.9. The van der Waals surface area contributed by atoms with Crippen LogP contribution in [0.1, 0.15) is 33.9 Å². The van der Waals surface area contributed by atoms with E-state index in [4.69, 9.17) is 28.0 Å². The van der Waals surface area contributed by atoms with Gasteiger partial charge in [-0.2, -0.15) is 13.2 Å². The number of aryl methyl sites for hydroxylation is 1. The Morgan fingerprint density at radius 2 is 1.81 bits per heavy atom. The van der Waals surface area contributed by atoms with Gasteiger partial charge in [0.05, 0.1) is 16.7 Å². The number of rotatable bonds is 3. The Hall–Kier alpha value is -1.25. The van der Waals surface area contributed by atoms with E-state index in [0.717, 1.165) is 11.6 Å². The molecule has 1 aromatic carbocycles. The number of halogens is 5. The fraction of sp³-hybridized carbons (Fsp3) is 0.294. The van der Waals surface area contributed by atoms with Crippen LogP contribution < -0.4 is 5.48 Å². The van der Waals surface area contributed by atoms with E-state index in [9.17, 15) is 18.3 Å². The molecule has 2 heterocycles. The third-order valence-electron chi connectivity index (χ3n) is 3.98. The van der Waals surface area contributed by atoms with Gasteiger partial charge in [0.15, 0.2) is 0 Å². The van der Waals surface area contributed by atoms with Crippen LogP contribution in [0.2, 0.25) is 10.0 Å². The number of aliphatic hydroxyl groups excluding tert-OH is 1. The van der Waals surface area contributed by atoms with Crippen molar-refractivity contribution in [2.24, 2.45) is 0 Å². The lowest BCUT2D eigenvalue weighted by Crippen LogP contribution is -2.42. The molecule has 0 fully saturated rings. The number of benzene rings is 1. The third-order valence-corrected chi connectivity index (χ3v) is 5.86. The summed E-state index contributed by atoms with van der Waals surface area (Å²) in [6.07, 6.45) is -4.50.